The Bertz CT molecular complexity index is 684. The normalized spacial score (nSPS) is 12.7. The molecule has 0 saturated carbocycles. The number of aromatic amines is 2. The van der Waals surface area contributed by atoms with Crippen molar-refractivity contribution in [2.24, 2.45) is 0 Å². The Hall–Kier alpha value is -2.64. The van der Waals surface area contributed by atoms with Gasteiger partial charge in [0.05, 0.1) is 24.3 Å². The van der Waals surface area contributed by atoms with E-state index in [-0.39, 0.29) is 17.2 Å². The summed E-state index contributed by atoms with van der Waals surface area (Å²) in [5.74, 6) is -0.516. The number of carbonyl (C=O) groups is 2. The molecule has 130 valence electrons. The molecule has 0 spiro atoms. The van der Waals surface area contributed by atoms with Gasteiger partial charge in [-0.15, -0.1) is 0 Å². The number of aromatic nitrogens is 4. The Morgan fingerprint density at radius 2 is 2.04 bits per heavy atom. The molecule has 1 atom stereocenters. The highest BCUT2D eigenvalue weighted by Gasteiger charge is 2.21. The van der Waals surface area contributed by atoms with Crippen LogP contribution in [0.15, 0.2) is 18.6 Å². The summed E-state index contributed by atoms with van der Waals surface area (Å²) in [6, 6.07) is 1.27. The topological polar surface area (TPSA) is 116 Å². The molecule has 0 aliphatic rings. The van der Waals surface area contributed by atoms with Crippen molar-refractivity contribution in [3.63, 3.8) is 0 Å². The van der Waals surface area contributed by atoms with E-state index in [0.29, 0.717) is 13.0 Å². The van der Waals surface area contributed by atoms with Gasteiger partial charge in [0, 0.05) is 30.7 Å². The van der Waals surface area contributed by atoms with E-state index in [1.807, 2.05) is 6.07 Å². The Morgan fingerprint density at radius 3 is 2.58 bits per heavy atom. The smallest absolute Gasteiger partial charge is 0.243 e. The number of carbonyl (C=O) groups excluding carboxylic acids is 2. The first kappa shape index (κ1) is 17.7. The summed E-state index contributed by atoms with van der Waals surface area (Å²) in [5, 5.41) is 12.7. The summed E-state index contributed by atoms with van der Waals surface area (Å²) in [6.07, 6.45) is 3.52. The van der Waals surface area contributed by atoms with Crippen LogP contribution in [0.3, 0.4) is 0 Å². The van der Waals surface area contributed by atoms with Crippen LogP contribution in [-0.2, 0) is 28.0 Å². The lowest BCUT2D eigenvalue weighted by atomic mass is 9.92. The average Bonchev–Trinajstić information content (AvgIpc) is 3.14. The fraction of sp³-hybridized carbons (Fsp3) is 0.500. The van der Waals surface area contributed by atoms with Crippen molar-refractivity contribution in [3.05, 3.63) is 35.7 Å². The van der Waals surface area contributed by atoms with E-state index in [1.54, 1.807) is 6.20 Å². The SMILES string of the molecule is CC(=O)N[C@@H](Cc1cnc[nH]1)C(=O)NCc1cc(C(C)(C)C)n[nH]1. The number of hydrogen-bond donors (Lipinski definition) is 4. The van der Waals surface area contributed by atoms with Crippen LogP contribution in [0, 0.1) is 0 Å². The first-order chi connectivity index (χ1) is 11.3. The van der Waals surface area contributed by atoms with Crippen LogP contribution in [0.25, 0.3) is 0 Å². The molecule has 0 fully saturated rings. The average molecular weight is 332 g/mol. The second kappa shape index (κ2) is 7.29. The molecule has 0 radical (unpaired) electrons. The molecule has 2 aromatic heterocycles. The predicted molar refractivity (Wildman–Crippen MR) is 89.0 cm³/mol. The van der Waals surface area contributed by atoms with Crippen molar-refractivity contribution in [2.45, 2.75) is 52.1 Å². The van der Waals surface area contributed by atoms with E-state index in [4.69, 9.17) is 0 Å². The molecule has 0 unspecified atom stereocenters. The zero-order chi connectivity index (χ0) is 17.7. The Morgan fingerprint density at radius 1 is 1.29 bits per heavy atom. The minimum Gasteiger partial charge on any atom is -0.349 e. The van der Waals surface area contributed by atoms with Crippen molar-refractivity contribution in [2.75, 3.05) is 0 Å². The number of H-pyrrole nitrogens is 2. The lowest BCUT2D eigenvalue weighted by molar-refractivity contribution is -0.128. The second-order valence-corrected chi connectivity index (χ2v) is 6.78. The maximum absolute atomic E-state index is 12.4. The van der Waals surface area contributed by atoms with Gasteiger partial charge in [-0.05, 0) is 6.07 Å². The number of nitrogens with one attached hydrogen (secondary N) is 4. The van der Waals surface area contributed by atoms with Crippen LogP contribution in [0.2, 0.25) is 0 Å². The van der Waals surface area contributed by atoms with Gasteiger partial charge in [0.15, 0.2) is 0 Å². The highest BCUT2D eigenvalue weighted by atomic mass is 16.2. The zero-order valence-corrected chi connectivity index (χ0v) is 14.4. The zero-order valence-electron chi connectivity index (χ0n) is 14.4. The van der Waals surface area contributed by atoms with E-state index >= 15 is 0 Å². The predicted octanol–water partition coefficient (Wildman–Crippen LogP) is 0.794. The monoisotopic (exact) mass is 332 g/mol. The van der Waals surface area contributed by atoms with E-state index in [9.17, 15) is 9.59 Å². The van der Waals surface area contributed by atoms with E-state index in [1.165, 1.54) is 13.3 Å². The number of rotatable bonds is 6. The summed E-state index contributed by atoms with van der Waals surface area (Å²) in [4.78, 5) is 30.6. The molecule has 2 rings (SSSR count). The van der Waals surface area contributed by atoms with Crippen LogP contribution in [0.1, 0.15) is 44.8 Å². The number of amides is 2. The first-order valence-electron chi connectivity index (χ1n) is 7.82. The fourth-order valence-corrected chi connectivity index (χ4v) is 2.21. The molecule has 4 N–H and O–H groups in total. The second-order valence-electron chi connectivity index (χ2n) is 6.78. The van der Waals surface area contributed by atoms with Crippen molar-refractivity contribution >= 4 is 11.8 Å². The van der Waals surface area contributed by atoms with Gasteiger partial charge in [-0.1, -0.05) is 20.8 Å². The van der Waals surface area contributed by atoms with Gasteiger partial charge in [-0.3, -0.25) is 14.7 Å². The molecule has 8 heteroatoms. The standard InChI is InChI=1S/C16H24N6O2/c1-10(23)20-13(5-11-7-17-9-19-11)15(24)18-8-12-6-14(22-21-12)16(2,3)4/h6-7,9,13H,5,8H2,1-4H3,(H,17,19)(H,18,24)(H,20,23)(H,21,22)/t13-/m0/s1. The molecule has 0 aliphatic carbocycles. The van der Waals surface area contributed by atoms with Crippen molar-refractivity contribution < 1.29 is 9.59 Å². The van der Waals surface area contributed by atoms with Gasteiger partial charge in [-0.25, -0.2) is 4.98 Å². The molecule has 0 aliphatic heterocycles. The molecular weight excluding hydrogens is 308 g/mol. The van der Waals surface area contributed by atoms with E-state index < -0.39 is 6.04 Å². The van der Waals surface area contributed by atoms with E-state index in [0.717, 1.165) is 17.1 Å². The first-order valence-corrected chi connectivity index (χ1v) is 7.82. The maximum Gasteiger partial charge on any atom is 0.243 e. The van der Waals surface area contributed by atoms with Crippen LogP contribution in [-0.4, -0.2) is 38.0 Å². The van der Waals surface area contributed by atoms with Gasteiger partial charge < -0.3 is 15.6 Å². The van der Waals surface area contributed by atoms with Crippen molar-refractivity contribution in [3.8, 4) is 0 Å². The fourth-order valence-electron chi connectivity index (χ4n) is 2.21. The Balaban J connectivity index is 1.96. The third kappa shape index (κ3) is 4.94. The number of nitrogens with zero attached hydrogens (tertiary/aromatic N) is 2. The third-order valence-electron chi connectivity index (χ3n) is 3.53. The van der Waals surface area contributed by atoms with Gasteiger partial charge in [0.2, 0.25) is 11.8 Å². The largest absolute Gasteiger partial charge is 0.349 e. The van der Waals surface area contributed by atoms with Crippen molar-refractivity contribution in [1.29, 1.82) is 0 Å². The molecule has 0 saturated heterocycles. The molecule has 2 aromatic rings. The molecule has 0 bridgehead atoms. The number of imidazole rings is 1. The summed E-state index contributed by atoms with van der Waals surface area (Å²) in [5.41, 5.74) is 2.47. The van der Waals surface area contributed by atoms with Gasteiger partial charge in [0.25, 0.3) is 0 Å². The molecule has 2 amide bonds. The van der Waals surface area contributed by atoms with Crippen molar-refractivity contribution in [1.82, 2.24) is 30.8 Å². The molecular formula is C16H24N6O2. The van der Waals surface area contributed by atoms with Crippen LogP contribution < -0.4 is 10.6 Å². The maximum atomic E-state index is 12.4. The Kier molecular flexibility index (Phi) is 5.38. The van der Waals surface area contributed by atoms with Gasteiger partial charge in [-0.2, -0.15) is 5.10 Å². The highest BCUT2D eigenvalue weighted by molar-refractivity contribution is 5.86. The van der Waals surface area contributed by atoms with Crippen LogP contribution >= 0.6 is 0 Å². The lowest BCUT2D eigenvalue weighted by Crippen LogP contribution is -2.47. The minimum absolute atomic E-state index is 0.0574. The third-order valence-corrected chi connectivity index (χ3v) is 3.53. The van der Waals surface area contributed by atoms with Gasteiger partial charge in [0.1, 0.15) is 6.04 Å². The Labute approximate surface area is 140 Å². The summed E-state index contributed by atoms with van der Waals surface area (Å²) in [6.45, 7) is 7.92. The van der Waals surface area contributed by atoms with Crippen LogP contribution in [0.4, 0.5) is 0 Å². The summed E-state index contributed by atoms with van der Waals surface area (Å²) < 4.78 is 0. The van der Waals surface area contributed by atoms with Gasteiger partial charge >= 0.3 is 0 Å². The summed E-state index contributed by atoms with van der Waals surface area (Å²) >= 11 is 0. The molecule has 0 aromatic carbocycles. The molecule has 24 heavy (non-hydrogen) atoms. The number of hydrogen-bond acceptors (Lipinski definition) is 4. The van der Waals surface area contributed by atoms with Crippen LogP contribution in [0.5, 0.6) is 0 Å². The molecule has 8 nitrogen and oxygen atoms in total. The van der Waals surface area contributed by atoms with E-state index in [2.05, 4.69) is 51.6 Å². The summed E-state index contributed by atoms with van der Waals surface area (Å²) in [7, 11) is 0. The lowest BCUT2D eigenvalue weighted by Gasteiger charge is -2.16. The minimum atomic E-state index is -0.659. The molecule has 2 heterocycles. The quantitative estimate of drug-likeness (QED) is 0.626. The highest BCUT2D eigenvalue weighted by Crippen LogP contribution is 2.20.